The number of nitrogens with two attached hydrogens (primary N) is 2. The number of nitriles is 1. The minimum Gasteiger partial charge on any atom is -0.404 e. The van der Waals surface area contributed by atoms with E-state index in [1.54, 1.807) is 0 Å². The molecule has 1 aromatic carbocycles. The molecule has 4 N–H and O–H groups in total. The van der Waals surface area contributed by atoms with Gasteiger partial charge >= 0.3 is 0 Å². The van der Waals surface area contributed by atoms with Crippen LogP contribution in [0, 0.1) is 11.3 Å². The number of aliphatic imine (C=N–C) groups is 1. The van der Waals surface area contributed by atoms with E-state index in [9.17, 15) is 5.26 Å². The number of rotatable bonds is 5. The van der Waals surface area contributed by atoms with Gasteiger partial charge in [0.2, 0.25) is 0 Å². The lowest BCUT2D eigenvalue weighted by Crippen LogP contribution is -2.35. The molecule has 1 unspecified atom stereocenters. The van der Waals surface area contributed by atoms with E-state index >= 15 is 0 Å². The van der Waals surface area contributed by atoms with Crippen molar-refractivity contribution in [1.82, 2.24) is 4.90 Å². The Hall–Kier alpha value is -2.62. The van der Waals surface area contributed by atoms with Crippen molar-refractivity contribution in [1.29, 1.82) is 5.26 Å². The first-order chi connectivity index (χ1) is 13.2. The smallest absolute Gasteiger partial charge is 0.129 e. The molecule has 1 aromatic rings. The second kappa shape index (κ2) is 8.85. The molecular weight excluding hydrogens is 338 g/mol. The number of allylic oxidation sites excluding steroid dienone is 2. The Labute approximate surface area is 160 Å². The van der Waals surface area contributed by atoms with Gasteiger partial charge in [0.05, 0.1) is 36.5 Å². The second-order valence-corrected chi connectivity index (χ2v) is 6.91. The first-order valence-corrected chi connectivity index (χ1v) is 9.46. The zero-order chi connectivity index (χ0) is 19.2. The molecule has 142 valence electrons. The summed E-state index contributed by atoms with van der Waals surface area (Å²) in [6.07, 6.45) is 3.12. The van der Waals surface area contributed by atoms with Gasteiger partial charge < -0.3 is 16.2 Å². The van der Waals surface area contributed by atoms with Gasteiger partial charge in [-0.2, -0.15) is 5.26 Å². The Morgan fingerprint density at radius 2 is 2.15 bits per heavy atom. The highest BCUT2D eigenvalue weighted by molar-refractivity contribution is 6.01. The van der Waals surface area contributed by atoms with Gasteiger partial charge in [-0.25, -0.2) is 4.99 Å². The van der Waals surface area contributed by atoms with Crippen LogP contribution in [0.15, 0.2) is 52.3 Å². The Kier molecular flexibility index (Phi) is 6.28. The predicted molar refractivity (Wildman–Crippen MR) is 107 cm³/mol. The van der Waals surface area contributed by atoms with Crippen LogP contribution in [0.3, 0.4) is 0 Å². The third kappa shape index (κ3) is 4.21. The standard InChI is InChI=1S/C21H27N5O/c1-2-4-19-17(12-22)20(18(13-23)21(24)25-19)16-6-3-5-15(11-16)14-26-7-9-27-10-8-26/h3,5-6,11,13,20H,2,4,7-10,14,23H2,1H3,(H2,24,25)/b18-13-. The van der Waals surface area contributed by atoms with Gasteiger partial charge in [-0.1, -0.05) is 37.6 Å². The van der Waals surface area contributed by atoms with E-state index in [4.69, 9.17) is 16.2 Å². The maximum Gasteiger partial charge on any atom is 0.129 e. The van der Waals surface area contributed by atoms with Gasteiger partial charge in [-0.3, -0.25) is 4.90 Å². The Bertz CT molecular complexity index is 812. The molecule has 1 atom stereocenters. The van der Waals surface area contributed by atoms with Crippen LogP contribution in [0.2, 0.25) is 0 Å². The fourth-order valence-corrected chi connectivity index (χ4v) is 3.71. The van der Waals surface area contributed by atoms with E-state index in [0.29, 0.717) is 17.0 Å². The highest BCUT2D eigenvalue weighted by atomic mass is 16.5. The van der Waals surface area contributed by atoms with Crippen LogP contribution < -0.4 is 11.5 Å². The van der Waals surface area contributed by atoms with Gasteiger partial charge in [0.25, 0.3) is 0 Å². The number of hydrogen-bond donors (Lipinski definition) is 2. The number of hydrogen-bond acceptors (Lipinski definition) is 6. The van der Waals surface area contributed by atoms with Crippen molar-refractivity contribution in [3.05, 3.63) is 58.4 Å². The molecule has 3 rings (SSSR count). The van der Waals surface area contributed by atoms with Crippen molar-refractivity contribution in [2.75, 3.05) is 26.3 Å². The molecule has 27 heavy (non-hydrogen) atoms. The third-order valence-electron chi connectivity index (χ3n) is 5.04. The van der Waals surface area contributed by atoms with Crippen LogP contribution in [-0.2, 0) is 11.3 Å². The molecule has 0 radical (unpaired) electrons. The lowest BCUT2D eigenvalue weighted by molar-refractivity contribution is 0.0342. The third-order valence-corrected chi connectivity index (χ3v) is 5.04. The van der Waals surface area contributed by atoms with Crippen LogP contribution >= 0.6 is 0 Å². The molecule has 1 fully saturated rings. The van der Waals surface area contributed by atoms with Crippen LogP contribution in [0.1, 0.15) is 36.8 Å². The molecule has 2 aliphatic heterocycles. The monoisotopic (exact) mass is 365 g/mol. The fraction of sp³-hybridized carbons (Fsp3) is 0.429. The van der Waals surface area contributed by atoms with Crippen LogP contribution in [0.25, 0.3) is 0 Å². The first kappa shape index (κ1) is 19.2. The summed E-state index contributed by atoms with van der Waals surface area (Å²) in [5.74, 6) is 0.146. The molecule has 1 saturated heterocycles. The van der Waals surface area contributed by atoms with Crippen LogP contribution in [-0.4, -0.2) is 37.0 Å². The van der Waals surface area contributed by atoms with Crippen molar-refractivity contribution >= 4 is 5.84 Å². The van der Waals surface area contributed by atoms with Gasteiger partial charge in [-0.05, 0) is 17.5 Å². The average Bonchev–Trinajstić information content (AvgIpc) is 2.69. The van der Waals surface area contributed by atoms with Crippen molar-refractivity contribution in [3.63, 3.8) is 0 Å². The van der Waals surface area contributed by atoms with E-state index in [-0.39, 0.29) is 5.92 Å². The Morgan fingerprint density at radius 3 is 2.81 bits per heavy atom. The summed E-state index contributed by atoms with van der Waals surface area (Å²) in [4.78, 5) is 6.83. The highest BCUT2D eigenvalue weighted by Crippen LogP contribution is 2.38. The van der Waals surface area contributed by atoms with Crippen molar-refractivity contribution in [2.24, 2.45) is 16.5 Å². The van der Waals surface area contributed by atoms with Gasteiger partial charge in [0, 0.05) is 31.4 Å². The van der Waals surface area contributed by atoms with Crippen molar-refractivity contribution in [2.45, 2.75) is 32.2 Å². The summed E-state index contributed by atoms with van der Waals surface area (Å²) in [7, 11) is 0. The maximum absolute atomic E-state index is 9.84. The number of ether oxygens (including phenoxy) is 1. The molecule has 0 bridgehead atoms. The fourth-order valence-electron chi connectivity index (χ4n) is 3.71. The summed E-state index contributed by atoms with van der Waals surface area (Å²) < 4.78 is 5.43. The second-order valence-electron chi connectivity index (χ2n) is 6.91. The van der Waals surface area contributed by atoms with E-state index in [0.717, 1.165) is 57.0 Å². The molecule has 0 spiro atoms. The van der Waals surface area contributed by atoms with E-state index in [1.165, 1.54) is 11.8 Å². The molecule has 0 amide bonds. The topological polar surface area (TPSA) is 101 Å². The summed E-state index contributed by atoms with van der Waals surface area (Å²) in [5.41, 5.74) is 16.4. The molecule has 2 aliphatic rings. The Balaban J connectivity index is 1.96. The summed E-state index contributed by atoms with van der Waals surface area (Å²) >= 11 is 0. The molecule has 0 aromatic heterocycles. The van der Waals surface area contributed by atoms with E-state index in [2.05, 4.69) is 35.0 Å². The van der Waals surface area contributed by atoms with Crippen LogP contribution in [0.5, 0.6) is 0 Å². The summed E-state index contributed by atoms with van der Waals surface area (Å²) in [6, 6.07) is 10.7. The molecule has 0 saturated carbocycles. The summed E-state index contributed by atoms with van der Waals surface area (Å²) in [6.45, 7) is 6.35. The molecule has 6 nitrogen and oxygen atoms in total. The van der Waals surface area contributed by atoms with Gasteiger partial charge in [0.1, 0.15) is 5.84 Å². The van der Waals surface area contributed by atoms with Crippen LogP contribution in [0.4, 0.5) is 0 Å². The zero-order valence-electron chi connectivity index (χ0n) is 15.8. The summed E-state index contributed by atoms with van der Waals surface area (Å²) in [5, 5.41) is 9.84. The minimum atomic E-state index is -0.260. The maximum atomic E-state index is 9.84. The highest BCUT2D eigenvalue weighted by Gasteiger charge is 2.30. The van der Waals surface area contributed by atoms with Crippen molar-refractivity contribution < 1.29 is 4.74 Å². The molecule has 2 heterocycles. The number of amidine groups is 1. The normalized spacial score (nSPS) is 22.6. The SMILES string of the molecule is CCCC1=C(C#N)C(c2cccc(CN3CCOCC3)c2)/C(=C/N)C(N)=N1. The minimum absolute atomic E-state index is 0.260. The first-order valence-electron chi connectivity index (χ1n) is 9.46. The molecule has 0 aliphatic carbocycles. The zero-order valence-corrected chi connectivity index (χ0v) is 15.8. The van der Waals surface area contributed by atoms with E-state index in [1.807, 2.05) is 12.1 Å². The lowest BCUT2D eigenvalue weighted by Gasteiger charge is -2.28. The predicted octanol–water partition coefficient (Wildman–Crippen LogP) is 2.39. The number of benzene rings is 1. The van der Waals surface area contributed by atoms with Gasteiger partial charge in [0.15, 0.2) is 0 Å². The van der Waals surface area contributed by atoms with Crippen molar-refractivity contribution in [3.8, 4) is 6.07 Å². The van der Waals surface area contributed by atoms with Gasteiger partial charge in [-0.15, -0.1) is 0 Å². The number of morpholine rings is 1. The quantitative estimate of drug-likeness (QED) is 0.834. The largest absolute Gasteiger partial charge is 0.404 e. The Morgan fingerprint density at radius 1 is 1.37 bits per heavy atom. The number of nitrogens with zero attached hydrogens (tertiary/aromatic N) is 3. The lowest BCUT2D eigenvalue weighted by atomic mass is 9.81. The average molecular weight is 365 g/mol. The molecular formula is C21H27N5O. The molecule has 6 heteroatoms. The van der Waals surface area contributed by atoms with E-state index < -0.39 is 0 Å².